The quantitative estimate of drug-likeness (QED) is 0.827. The van der Waals surface area contributed by atoms with Crippen molar-refractivity contribution in [2.24, 2.45) is 5.92 Å². The average Bonchev–Trinajstić information content (AvgIpc) is 2.46. The van der Waals surface area contributed by atoms with Gasteiger partial charge in [0.25, 0.3) is 0 Å². The summed E-state index contributed by atoms with van der Waals surface area (Å²) >= 11 is 0. The monoisotopic (exact) mass is 272 g/mol. The second kappa shape index (κ2) is 5.83. The molecule has 1 aromatic carbocycles. The van der Waals surface area contributed by atoms with Gasteiger partial charge in [0, 0.05) is 37.8 Å². The van der Waals surface area contributed by atoms with Gasteiger partial charge in [0.05, 0.1) is 11.3 Å². The first-order valence-corrected chi connectivity index (χ1v) is 6.86. The van der Waals surface area contributed by atoms with Crippen molar-refractivity contribution in [3.05, 3.63) is 23.8 Å². The molecule has 20 heavy (non-hydrogen) atoms. The van der Waals surface area contributed by atoms with Crippen molar-refractivity contribution in [1.29, 1.82) is 5.26 Å². The summed E-state index contributed by atoms with van der Waals surface area (Å²) in [6, 6.07) is 7.57. The number of nitrogens with two attached hydrogens (primary N) is 1. The second-order valence-corrected chi connectivity index (χ2v) is 5.36. The molecule has 1 aliphatic heterocycles. The van der Waals surface area contributed by atoms with Crippen molar-refractivity contribution in [2.75, 3.05) is 36.8 Å². The Kier molecular flexibility index (Phi) is 4.14. The number of nitrogen functional groups attached to an aromatic ring is 1. The number of rotatable bonds is 2. The van der Waals surface area contributed by atoms with Crippen molar-refractivity contribution in [3.8, 4) is 6.07 Å². The molecule has 0 radical (unpaired) electrons. The smallest absolute Gasteiger partial charge is 0.225 e. The van der Waals surface area contributed by atoms with E-state index in [1.165, 1.54) is 0 Å². The standard InChI is InChI=1S/C15H20N4O/c1-11(2)15(20)19-7-5-18(6-8-19)14-4-3-13(17)9-12(14)10-16/h3-4,9,11H,5-8,17H2,1-2H3. The SMILES string of the molecule is CC(C)C(=O)N1CCN(c2ccc(N)cc2C#N)CC1. The number of hydrogen-bond acceptors (Lipinski definition) is 4. The zero-order valence-electron chi connectivity index (χ0n) is 12.0. The third-order valence-corrected chi connectivity index (χ3v) is 3.57. The number of benzene rings is 1. The molecule has 1 aliphatic rings. The van der Waals surface area contributed by atoms with Crippen LogP contribution in [0.2, 0.25) is 0 Å². The molecular formula is C15H20N4O. The van der Waals surface area contributed by atoms with Crippen LogP contribution >= 0.6 is 0 Å². The molecule has 5 heteroatoms. The van der Waals surface area contributed by atoms with E-state index >= 15 is 0 Å². The van der Waals surface area contributed by atoms with Gasteiger partial charge in [0.15, 0.2) is 0 Å². The fourth-order valence-electron chi connectivity index (χ4n) is 2.45. The van der Waals surface area contributed by atoms with Crippen LogP contribution in [-0.4, -0.2) is 37.0 Å². The lowest BCUT2D eigenvalue weighted by Gasteiger charge is -2.37. The molecule has 1 amide bonds. The van der Waals surface area contributed by atoms with Crippen LogP contribution in [0.4, 0.5) is 11.4 Å². The largest absolute Gasteiger partial charge is 0.399 e. The first-order valence-electron chi connectivity index (χ1n) is 6.86. The molecule has 5 nitrogen and oxygen atoms in total. The molecule has 2 N–H and O–H groups in total. The van der Waals surface area contributed by atoms with Crippen molar-refractivity contribution in [3.63, 3.8) is 0 Å². The molecule has 1 fully saturated rings. The summed E-state index contributed by atoms with van der Waals surface area (Å²) in [7, 11) is 0. The minimum absolute atomic E-state index is 0.0349. The van der Waals surface area contributed by atoms with Crippen LogP contribution in [0.25, 0.3) is 0 Å². The van der Waals surface area contributed by atoms with E-state index < -0.39 is 0 Å². The molecule has 0 bridgehead atoms. The summed E-state index contributed by atoms with van der Waals surface area (Å²) < 4.78 is 0. The van der Waals surface area contributed by atoms with Gasteiger partial charge in [-0.25, -0.2) is 0 Å². The van der Waals surface area contributed by atoms with Gasteiger partial charge in [-0.3, -0.25) is 4.79 Å². The summed E-state index contributed by atoms with van der Waals surface area (Å²) in [4.78, 5) is 16.0. The van der Waals surface area contributed by atoms with E-state index in [9.17, 15) is 10.1 Å². The minimum Gasteiger partial charge on any atom is -0.399 e. The lowest BCUT2D eigenvalue weighted by Crippen LogP contribution is -2.50. The number of nitriles is 1. The predicted octanol–water partition coefficient (Wildman–Crippen LogP) is 1.45. The Morgan fingerprint density at radius 1 is 1.30 bits per heavy atom. The van der Waals surface area contributed by atoms with Gasteiger partial charge in [-0.1, -0.05) is 13.8 Å². The van der Waals surface area contributed by atoms with E-state index in [0.29, 0.717) is 24.3 Å². The lowest BCUT2D eigenvalue weighted by atomic mass is 10.1. The highest BCUT2D eigenvalue weighted by Crippen LogP contribution is 2.24. The van der Waals surface area contributed by atoms with Crippen molar-refractivity contribution < 1.29 is 4.79 Å². The van der Waals surface area contributed by atoms with E-state index in [-0.39, 0.29) is 11.8 Å². The zero-order chi connectivity index (χ0) is 14.7. The minimum atomic E-state index is 0.0349. The highest BCUT2D eigenvalue weighted by atomic mass is 16.2. The van der Waals surface area contributed by atoms with E-state index in [2.05, 4.69) is 11.0 Å². The van der Waals surface area contributed by atoms with Crippen LogP contribution in [0.15, 0.2) is 18.2 Å². The molecular weight excluding hydrogens is 252 g/mol. The van der Waals surface area contributed by atoms with E-state index in [0.717, 1.165) is 18.8 Å². The molecule has 0 aromatic heterocycles. The van der Waals surface area contributed by atoms with Gasteiger partial charge in [-0.05, 0) is 18.2 Å². The molecule has 1 aromatic rings. The maximum atomic E-state index is 11.9. The first kappa shape index (κ1) is 14.2. The van der Waals surface area contributed by atoms with Crippen LogP contribution in [0.5, 0.6) is 0 Å². The van der Waals surface area contributed by atoms with Gasteiger partial charge in [0.2, 0.25) is 5.91 Å². The Balaban J connectivity index is 2.08. The Hall–Kier alpha value is -2.22. The topological polar surface area (TPSA) is 73.4 Å². The molecule has 0 aliphatic carbocycles. The Morgan fingerprint density at radius 3 is 2.50 bits per heavy atom. The molecule has 0 saturated carbocycles. The van der Waals surface area contributed by atoms with Gasteiger partial charge in [0.1, 0.15) is 6.07 Å². The average molecular weight is 272 g/mol. The summed E-state index contributed by atoms with van der Waals surface area (Å²) in [6.45, 7) is 6.73. The number of hydrogen-bond donors (Lipinski definition) is 1. The van der Waals surface area contributed by atoms with Gasteiger partial charge in [-0.15, -0.1) is 0 Å². The summed E-state index contributed by atoms with van der Waals surface area (Å²) in [5.74, 6) is 0.232. The van der Waals surface area contributed by atoms with Crippen molar-refractivity contribution in [2.45, 2.75) is 13.8 Å². The normalized spacial score (nSPS) is 15.3. The Bertz CT molecular complexity index is 539. The third-order valence-electron chi connectivity index (χ3n) is 3.57. The van der Waals surface area contributed by atoms with Crippen LogP contribution in [0.1, 0.15) is 19.4 Å². The van der Waals surface area contributed by atoms with Gasteiger partial charge >= 0.3 is 0 Å². The molecule has 0 unspecified atom stereocenters. The van der Waals surface area contributed by atoms with Gasteiger partial charge in [-0.2, -0.15) is 5.26 Å². The number of anilines is 2. The first-order chi connectivity index (χ1) is 9.52. The summed E-state index contributed by atoms with van der Waals surface area (Å²) in [5, 5.41) is 9.19. The zero-order valence-corrected chi connectivity index (χ0v) is 12.0. The van der Waals surface area contributed by atoms with Crippen LogP contribution in [-0.2, 0) is 4.79 Å². The fourth-order valence-corrected chi connectivity index (χ4v) is 2.45. The highest BCUT2D eigenvalue weighted by Gasteiger charge is 2.23. The number of carbonyl (C=O) groups is 1. The Labute approximate surface area is 119 Å². The maximum absolute atomic E-state index is 11.9. The molecule has 0 spiro atoms. The van der Waals surface area contributed by atoms with Crippen LogP contribution in [0, 0.1) is 17.2 Å². The van der Waals surface area contributed by atoms with Crippen molar-refractivity contribution in [1.82, 2.24) is 4.90 Å². The van der Waals surface area contributed by atoms with Crippen LogP contribution < -0.4 is 10.6 Å². The molecule has 1 saturated heterocycles. The molecule has 0 atom stereocenters. The number of amides is 1. The third kappa shape index (κ3) is 2.85. The molecule has 106 valence electrons. The predicted molar refractivity (Wildman–Crippen MR) is 79.2 cm³/mol. The molecule has 2 rings (SSSR count). The highest BCUT2D eigenvalue weighted by molar-refractivity contribution is 5.78. The van der Waals surface area contributed by atoms with Gasteiger partial charge < -0.3 is 15.5 Å². The molecule has 1 heterocycles. The number of nitrogens with zero attached hydrogens (tertiary/aromatic N) is 3. The van der Waals surface area contributed by atoms with E-state index in [4.69, 9.17) is 5.73 Å². The second-order valence-electron chi connectivity index (χ2n) is 5.36. The van der Waals surface area contributed by atoms with Crippen LogP contribution in [0.3, 0.4) is 0 Å². The lowest BCUT2D eigenvalue weighted by molar-refractivity contribution is -0.134. The summed E-state index contributed by atoms with van der Waals surface area (Å²) in [6.07, 6.45) is 0. The number of carbonyl (C=O) groups excluding carboxylic acids is 1. The summed E-state index contributed by atoms with van der Waals surface area (Å²) in [5.41, 5.74) is 7.79. The van der Waals surface area contributed by atoms with E-state index in [1.54, 1.807) is 6.07 Å². The Morgan fingerprint density at radius 2 is 1.95 bits per heavy atom. The number of piperazine rings is 1. The van der Waals surface area contributed by atoms with Crippen molar-refractivity contribution >= 4 is 17.3 Å². The maximum Gasteiger partial charge on any atom is 0.225 e. The fraction of sp³-hybridized carbons (Fsp3) is 0.467. The van der Waals surface area contributed by atoms with E-state index in [1.807, 2.05) is 30.9 Å².